The van der Waals surface area contributed by atoms with Crippen molar-refractivity contribution in [1.29, 1.82) is 0 Å². The van der Waals surface area contributed by atoms with Crippen LogP contribution in [0.2, 0.25) is 5.02 Å². The van der Waals surface area contributed by atoms with Crippen LogP contribution in [0.3, 0.4) is 0 Å². The first kappa shape index (κ1) is 13.2. The molecule has 98 valence electrons. The Hall–Kier alpha value is -2.27. The van der Waals surface area contributed by atoms with E-state index in [0.717, 1.165) is 6.07 Å². The number of carbonyl (C=O) groups is 1. The Balaban J connectivity index is 2.30. The molecule has 0 radical (unpaired) electrons. The summed E-state index contributed by atoms with van der Waals surface area (Å²) < 4.78 is 13.5. The third-order valence-electron chi connectivity index (χ3n) is 2.46. The quantitative estimate of drug-likeness (QED) is 0.585. The van der Waals surface area contributed by atoms with Crippen LogP contribution in [0.25, 0.3) is 0 Å². The smallest absolute Gasteiger partial charge is 0.257 e. The first-order valence-corrected chi connectivity index (χ1v) is 5.70. The number of phenolic OH excluding ortho intramolecular Hbond substituents is 1. The predicted octanol–water partition coefficient (Wildman–Crippen LogP) is 3.02. The minimum Gasteiger partial charge on any atom is -0.508 e. The molecule has 0 spiro atoms. The van der Waals surface area contributed by atoms with Crippen LogP contribution in [0, 0.1) is 5.82 Å². The third kappa shape index (κ3) is 2.95. The number of halogens is 2. The van der Waals surface area contributed by atoms with Crippen molar-refractivity contribution in [2.75, 3.05) is 11.1 Å². The lowest BCUT2D eigenvalue weighted by Crippen LogP contribution is -2.14. The van der Waals surface area contributed by atoms with Crippen LogP contribution in [-0.2, 0) is 0 Å². The Morgan fingerprint density at radius 3 is 2.74 bits per heavy atom. The highest BCUT2D eigenvalue weighted by Gasteiger charge is 2.13. The van der Waals surface area contributed by atoms with Crippen LogP contribution in [0.1, 0.15) is 10.4 Å². The summed E-state index contributed by atoms with van der Waals surface area (Å²) in [5, 5.41) is 12.0. The number of benzene rings is 2. The number of aromatic hydroxyl groups is 1. The Bertz CT molecular complexity index is 647. The molecule has 0 fully saturated rings. The maximum Gasteiger partial charge on any atom is 0.257 e. The van der Waals surface area contributed by atoms with E-state index in [0.29, 0.717) is 5.02 Å². The number of hydrogen-bond donors (Lipinski definition) is 3. The predicted molar refractivity (Wildman–Crippen MR) is 71.9 cm³/mol. The largest absolute Gasteiger partial charge is 0.508 e. The summed E-state index contributed by atoms with van der Waals surface area (Å²) in [5.41, 5.74) is 5.80. The molecule has 4 N–H and O–H groups in total. The zero-order valence-corrected chi connectivity index (χ0v) is 10.4. The van der Waals surface area contributed by atoms with Gasteiger partial charge in [0.15, 0.2) is 0 Å². The van der Waals surface area contributed by atoms with Crippen LogP contribution in [0.15, 0.2) is 36.4 Å². The highest BCUT2D eigenvalue weighted by Crippen LogP contribution is 2.23. The molecule has 6 heteroatoms. The normalized spacial score (nSPS) is 10.2. The average Bonchev–Trinajstić information content (AvgIpc) is 2.36. The van der Waals surface area contributed by atoms with Crippen LogP contribution < -0.4 is 11.1 Å². The van der Waals surface area contributed by atoms with E-state index in [4.69, 9.17) is 17.3 Å². The highest BCUT2D eigenvalue weighted by atomic mass is 35.5. The Labute approximate surface area is 113 Å². The molecule has 0 aliphatic heterocycles. The number of phenols is 1. The topological polar surface area (TPSA) is 75.3 Å². The van der Waals surface area contributed by atoms with E-state index in [1.54, 1.807) is 0 Å². The lowest BCUT2D eigenvalue weighted by molar-refractivity contribution is 0.102. The zero-order valence-electron chi connectivity index (χ0n) is 9.65. The number of amides is 1. The summed E-state index contributed by atoms with van der Waals surface area (Å²) in [7, 11) is 0. The fraction of sp³-hybridized carbons (Fsp3) is 0. The van der Waals surface area contributed by atoms with Crippen molar-refractivity contribution in [1.82, 2.24) is 0 Å². The molecule has 0 unspecified atom stereocenters. The van der Waals surface area contributed by atoms with Gasteiger partial charge in [-0.05, 0) is 36.4 Å². The van der Waals surface area contributed by atoms with Crippen LogP contribution in [0.4, 0.5) is 15.8 Å². The van der Waals surface area contributed by atoms with Gasteiger partial charge in [0.05, 0.1) is 11.3 Å². The van der Waals surface area contributed by atoms with Gasteiger partial charge in [0.25, 0.3) is 5.91 Å². The summed E-state index contributed by atoms with van der Waals surface area (Å²) in [4.78, 5) is 11.9. The van der Waals surface area contributed by atoms with E-state index in [-0.39, 0.29) is 22.7 Å². The van der Waals surface area contributed by atoms with Crippen molar-refractivity contribution in [3.05, 3.63) is 52.8 Å². The molecule has 0 aliphatic carbocycles. The van der Waals surface area contributed by atoms with Gasteiger partial charge in [-0.1, -0.05) is 11.6 Å². The van der Waals surface area contributed by atoms with Gasteiger partial charge >= 0.3 is 0 Å². The number of hydrogen-bond acceptors (Lipinski definition) is 3. The number of rotatable bonds is 2. The number of nitrogens with one attached hydrogen (secondary N) is 1. The van der Waals surface area contributed by atoms with E-state index in [2.05, 4.69) is 5.32 Å². The van der Waals surface area contributed by atoms with Crippen LogP contribution >= 0.6 is 11.6 Å². The molecule has 0 atom stereocenters. The van der Waals surface area contributed by atoms with Gasteiger partial charge in [0, 0.05) is 10.7 Å². The highest BCUT2D eigenvalue weighted by molar-refractivity contribution is 6.31. The number of nitrogen functional groups attached to an aromatic ring is 1. The SMILES string of the molecule is Nc1ccc(O)cc1C(=O)Nc1cc(Cl)ccc1F. The number of anilines is 2. The second-order valence-corrected chi connectivity index (χ2v) is 4.29. The van der Waals surface area contributed by atoms with Gasteiger partial charge in [-0.25, -0.2) is 4.39 Å². The van der Waals surface area contributed by atoms with E-state index >= 15 is 0 Å². The molecule has 0 aliphatic rings. The number of nitrogens with two attached hydrogens (primary N) is 1. The minimum absolute atomic E-state index is 0.0550. The van der Waals surface area contributed by atoms with E-state index in [9.17, 15) is 14.3 Å². The van der Waals surface area contributed by atoms with Gasteiger partial charge in [-0.3, -0.25) is 4.79 Å². The average molecular weight is 281 g/mol. The molecular weight excluding hydrogens is 271 g/mol. The van der Waals surface area contributed by atoms with Gasteiger partial charge in [-0.2, -0.15) is 0 Å². The molecule has 0 heterocycles. The van der Waals surface area contributed by atoms with Crippen molar-refractivity contribution < 1.29 is 14.3 Å². The summed E-state index contributed by atoms with van der Waals surface area (Å²) >= 11 is 5.72. The molecule has 2 aromatic rings. The molecule has 0 bridgehead atoms. The van der Waals surface area contributed by atoms with Crippen LogP contribution in [-0.4, -0.2) is 11.0 Å². The summed E-state index contributed by atoms with van der Waals surface area (Å²) in [6, 6.07) is 7.74. The third-order valence-corrected chi connectivity index (χ3v) is 2.69. The van der Waals surface area contributed by atoms with Crippen molar-refractivity contribution in [3.63, 3.8) is 0 Å². The summed E-state index contributed by atoms with van der Waals surface area (Å²) in [6.45, 7) is 0. The van der Waals surface area contributed by atoms with Crippen LogP contribution in [0.5, 0.6) is 5.75 Å². The van der Waals surface area contributed by atoms with Gasteiger partial charge < -0.3 is 16.2 Å². The first-order valence-electron chi connectivity index (χ1n) is 5.32. The monoisotopic (exact) mass is 280 g/mol. The van der Waals surface area contributed by atoms with Crippen molar-refractivity contribution in [2.24, 2.45) is 0 Å². The van der Waals surface area contributed by atoms with Gasteiger partial charge in [0.1, 0.15) is 11.6 Å². The molecule has 19 heavy (non-hydrogen) atoms. The van der Waals surface area contributed by atoms with Gasteiger partial charge in [0.2, 0.25) is 0 Å². The molecule has 2 rings (SSSR count). The van der Waals surface area contributed by atoms with Crippen molar-refractivity contribution >= 4 is 28.9 Å². The Morgan fingerprint density at radius 2 is 2.00 bits per heavy atom. The molecule has 0 aromatic heterocycles. The number of carbonyl (C=O) groups excluding carboxylic acids is 1. The molecule has 0 saturated carbocycles. The fourth-order valence-corrected chi connectivity index (χ4v) is 1.70. The Morgan fingerprint density at radius 1 is 1.26 bits per heavy atom. The maximum atomic E-state index is 13.5. The molecule has 0 saturated heterocycles. The molecule has 1 amide bonds. The van der Waals surface area contributed by atoms with E-state index in [1.807, 2.05) is 0 Å². The standard InChI is InChI=1S/C13H10ClFN2O2/c14-7-1-3-10(15)12(5-7)17-13(19)9-6-8(18)2-4-11(9)16/h1-6,18H,16H2,(H,17,19). The second-order valence-electron chi connectivity index (χ2n) is 3.85. The van der Waals surface area contributed by atoms with Gasteiger partial charge in [-0.15, -0.1) is 0 Å². The van der Waals surface area contributed by atoms with E-state index < -0.39 is 11.7 Å². The first-order chi connectivity index (χ1) is 8.97. The lowest BCUT2D eigenvalue weighted by atomic mass is 10.1. The van der Waals surface area contributed by atoms with E-state index in [1.165, 1.54) is 30.3 Å². The second kappa shape index (κ2) is 5.16. The summed E-state index contributed by atoms with van der Waals surface area (Å²) in [5.74, 6) is -1.35. The zero-order chi connectivity index (χ0) is 14.0. The summed E-state index contributed by atoms with van der Waals surface area (Å²) in [6.07, 6.45) is 0. The van der Waals surface area contributed by atoms with Crippen molar-refractivity contribution in [2.45, 2.75) is 0 Å². The fourth-order valence-electron chi connectivity index (χ4n) is 1.52. The molecular formula is C13H10ClFN2O2. The van der Waals surface area contributed by atoms with Crippen molar-refractivity contribution in [3.8, 4) is 5.75 Å². The molecule has 4 nitrogen and oxygen atoms in total. The Kier molecular flexibility index (Phi) is 3.57. The lowest BCUT2D eigenvalue weighted by Gasteiger charge is -2.09. The minimum atomic E-state index is -0.630. The molecule has 2 aromatic carbocycles. The maximum absolute atomic E-state index is 13.5.